The van der Waals surface area contributed by atoms with E-state index < -0.39 is 22.6 Å². The number of nitro benzene ring substituents is 1. The van der Waals surface area contributed by atoms with E-state index in [1.165, 1.54) is 32.2 Å². The fourth-order valence-electron chi connectivity index (χ4n) is 2.37. The molecular formula is C19H16N2O7. The van der Waals surface area contributed by atoms with Crippen LogP contribution in [-0.4, -0.2) is 22.6 Å². The predicted octanol–water partition coefficient (Wildman–Crippen LogP) is 3.52. The number of hydrogen-bond donors (Lipinski definition) is 1. The fourth-order valence-corrected chi connectivity index (χ4v) is 2.37. The van der Waals surface area contributed by atoms with Gasteiger partial charge in [0.25, 0.3) is 5.79 Å². The van der Waals surface area contributed by atoms with Gasteiger partial charge >= 0.3 is 17.6 Å². The maximum Gasteiger partial charge on any atom is 0.350 e. The minimum Gasteiger partial charge on any atom is -0.450 e. The number of nitrogens with zero attached hydrogens (tertiary/aromatic N) is 1. The Hall–Kier alpha value is -3.88. The lowest BCUT2D eigenvalue weighted by molar-refractivity contribution is -0.385. The largest absolute Gasteiger partial charge is 0.450 e. The van der Waals surface area contributed by atoms with Gasteiger partial charge in [0.1, 0.15) is 5.75 Å². The van der Waals surface area contributed by atoms with Crippen molar-refractivity contribution in [1.29, 1.82) is 0 Å². The summed E-state index contributed by atoms with van der Waals surface area (Å²) in [5.41, 5.74) is 0.138. The topological polar surface area (TPSA) is 117 Å². The zero-order chi connectivity index (χ0) is 20.3. The third-order valence-corrected chi connectivity index (χ3v) is 3.64. The van der Waals surface area contributed by atoms with Crippen molar-refractivity contribution in [2.75, 3.05) is 5.32 Å². The number of carbonyl (C=O) groups is 2. The molecule has 0 atom stereocenters. The average molecular weight is 384 g/mol. The van der Waals surface area contributed by atoms with E-state index in [0.29, 0.717) is 11.4 Å². The molecule has 0 bridgehead atoms. The molecule has 1 aliphatic rings. The van der Waals surface area contributed by atoms with Crippen LogP contribution < -0.4 is 10.1 Å². The lowest BCUT2D eigenvalue weighted by Crippen LogP contribution is -2.42. The van der Waals surface area contributed by atoms with Crippen molar-refractivity contribution in [2.45, 2.75) is 19.6 Å². The molecule has 1 heterocycles. The van der Waals surface area contributed by atoms with Crippen molar-refractivity contribution < 1.29 is 28.7 Å². The second kappa shape index (κ2) is 7.39. The van der Waals surface area contributed by atoms with Gasteiger partial charge in [-0.05, 0) is 30.3 Å². The normalized spacial score (nSPS) is 15.3. The van der Waals surface area contributed by atoms with Crippen molar-refractivity contribution in [2.24, 2.45) is 0 Å². The number of nitro groups is 1. The van der Waals surface area contributed by atoms with Gasteiger partial charge in [0.2, 0.25) is 5.75 Å². The Balaban J connectivity index is 1.70. The van der Waals surface area contributed by atoms with Crippen molar-refractivity contribution in [3.05, 3.63) is 70.4 Å². The molecule has 0 radical (unpaired) electrons. The van der Waals surface area contributed by atoms with Crippen LogP contribution in [0.1, 0.15) is 13.8 Å². The number of carbonyl (C=O) groups excluding carboxylic acids is 2. The third kappa shape index (κ3) is 4.26. The number of esters is 2. The third-order valence-electron chi connectivity index (χ3n) is 3.64. The highest BCUT2D eigenvalue weighted by molar-refractivity contribution is 6.15. The minimum atomic E-state index is -1.30. The number of rotatable bonds is 5. The highest BCUT2D eigenvalue weighted by atomic mass is 16.7. The van der Waals surface area contributed by atoms with Crippen LogP contribution in [0.15, 0.2) is 60.3 Å². The van der Waals surface area contributed by atoms with Crippen LogP contribution in [-0.2, 0) is 19.1 Å². The number of nitrogens with one attached hydrogen (secondary N) is 1. The van der Waals surface area contributed by atoms with Gasteiger partial charge < -0.3 is 19.5 Å². The summed E-state index contributed by atoms with van der Waals surface area (Å²) in [5, 5.41) is 13.8. The van der Waals surface area contributed by atoms with Crippen molar-refractivity contribution in [1.82, 2.24) is 0 Å². The molecule has 9 nitrogen and oxygen atoms in total. The highest BCUT2D eigenvalue weighted by Crippen LogP contribution is 2.31. The van der Waals surface area contributed by atoms with Gasteiger partial charge in [-0.2, -0.15) is 0 Å². The lowest BCUT2D eigenvalue weighted by atomic mass is 10.2. The van der Waals surface area contributed by atoms with E-state index in [1.807, 2.05) is 0 Å². The first-order chi connectivity index (χ1) is 13.2. The Labute approximate surface area is 159 Å². The van der Waals surface area contributed by atoms with Crippen LogP contribution in [0, 0.1) is 10.1 Å². The van der Waals surface area contributed by atoms with Gasteiger partial charge in [-0.1, -0.05) is 12.1 Å². The molecule has 1 N–H and O–H groups in total. The van der Waals surface area contributed by atoms with Gasteiger partial charge in [0.15, 0.2) is 5.57 Å². The Morgan fingerprint density at radius 1 is 1.04 bits per heavy atom. The van der Waals surface area contributed by atoms with E-state index in [1.54, 1.807) is 36.4 Å². The molecular weight excluding hydrogens is 368 g/mol. The predicted molar refractivity (Wildman–Crippen MR) is 97.6 cm³/mol. The summed E-state index contributed by atoms with van der Waals surface area (Å²) < 4.78 is 15.5. The average Bonchev–Trinajstić information content (AvgIpc) is 2.61. The standard InChI is InChI=1S/C19H16N2O7/c1-19(2)27-17(22)14(18(23)28-19)11-20-12-7-9-13(10-8-12)26-16-6-4-3-5-15(16)21(24)25/h3-11,20H,1-2H3. The summed E-state index contributed by atoms with van der Waals surface area (Å²) in [6, 6.07) is 12.4. The van der Waals surface area contributed by atoms with Crippen LogP contribution in [0.25, 0.3) is 0 Å². The molecule has 1 fully saturated rings. The van der Waals surface area contributed by atoms with Crippen molar-refractivity contribution >= 4 is 23.3 Å². The molecule has 28 heavy (non-hydrogen) atoms. The Bertz CT molecular complexity index is 943. The molecule has 144 valence electrons. The summed E-state index contributed by atoms with van der Waals surface area (Å²) in [6.07, 6.45) is 1.19. The summed E-state index contributed by atoms with van der Waals surface area (Å²) in [4.78, 5) is 34.3. The maximum atomic E-state index is 11.9. The van der Waals surface area contributed by atoms with E-state index in [-0.39, 0.29) is 17.0 Å². The zero-order valence-corrected chi connectivity index (χ0v) is 15.0. The van der Waals surface area contributed by atoms with Gasteiger partial charge in [-0.15, -0.1) is 0 Å². The first kappa shape index (κ1) is 18.9. The minimum absolute atomic E-state index is 0.116. The van der Waals surface area contributed by atoms with E-state index in [9.17, 15) is 19.7 Å². The SMILES string of the molecule is CC1(C)OC(=O)C(=CNc2ccc(Oc3ccccc3[N+](=O)[O-])cc2)C(=O)O1. The van der Waals surface area contributed by atoms with Gasteiger partial charge in [-0.3, -0.25) is 10.1 Å². The molecule has 1 aliphatic heterocycles. The van der Waals surface area contributed by atoms with E-state index in [4.69, 9.17) is 14.2 Å². The maximum absolute atomic E-state index is 11.9. The van der Waals surface area contributed by atoms with E-state index in [0.717, 1.165) is 0 Å². The van der Waals surface area contributed by atoms with Crippen LogP contribution >= 0.6 is 0 Å². The number of cyclic esters (lactones) is 2. The van der Waals surface area contributed by atoms with Crippen LogP contribution in [0.5, 0.6) is 11.5 Å². The summed E-state index contributed by atoms with van der Waals surface area (Å²) >= 11 is 0. The van der Waals surface area contributed by atoms with Crippen molar-refractivity contribution in [3.8, 4) is 11.5 Å². The Kier molecular flexibility index (Phi) is 4.99. The summed E-state index contributed by atoms with van der Waals surface area (Å²) in [5.74, 6) is -2.38. The molecule has 3 rings (SSSR count). The van der Waals surface area contributed by atoms with Crippen LogP contribution in [0.3, 0.4) is 0 Å². The zero-order valence-electron chi connectivity index (χ0n) is 15.0. The highest BCUT2D eigenvalue weighted by Gasteiger charge is 2.38. The monoisotopic (exact) mass is 384 g/mol. The molecule has 0 aromatic heterocycles. The summed E-state index contributed by atoms with van der Waals surface area (Å²) in [6.45, 7) is 2.92. The molecule has 0 unspecified atom stereocenters. The summed E-state index contributed by atoms with van der Waals surface area (Å²) in [7, 11) is 0. The molecule has 1 saturated heterocycles. The first-order valence-corrected chi connectivity index (χ1v) is 8.20. The van der Waals surface area contributed by atoms with E-state index >= 15 is 0 Å². The second-order valence-electron chi connectivity index (χ2n) is 6.23. The quantitative estimate of drug-likeness (QED) is 0.274. The molecule has 0 saturated carbocycles. The van der Waals surface area contributed by atoms with Crippen LogP contribution in [0.4, 0.5) is 11.4 Å². The van der Waals surface area contributed by atoms with Gasteiger partial charge in [0.05, 0.1) is 4.92 Å². The smallest absolute Gasteiger partial charge is 0.350 e. The molecule has 2 aromatic rings. The van der Waals surface area contributed by atoms with Crippen LogP contribution in [0.2, 0.25) is 0 Å². The molecule has 0 amide bonds. The molecule has 2 aromatic carbocycles. The second-order valence-corrected chi connectivity index (χ2v) is 6.23. The van der Waals surface area contributed by atoms with Gasteiger partial charge in [-0.25, -0.2) is 9.59 Å². The number of hydrogen-bond acceptors (Lipinski definition) is 8. The van der Waals surface area contributed by atoms with Crippen molar-refractivity contribution in [3.63, 3.8) is 0 Å². The fraction of sp³-hybridized carbons (Fsp3) is 0.158. The van der Waals surface area contributed by atoms with E-state index in [2.05, 4.69) is 5.32 Å². The lowest BCUT2D eigenvalue weighted by Gasteiger charge is -2.29. The number of benzene rings is 2. The Morgan fingerprint density at radius 3 is 2.25 bits per heavy atom. The molecule has 9 heteroatoms. The first-order valence-electron chi connectivity index (χ1n) is 8.20. The van der Waals surface area contributed by atoms with Gasteiger partial charge in [0, 0.05) is 31.8 Å². The molecule has 0 aliphatic carbocycles. The number of anilines is 1. The number of ether oxygens (including phenoxy) is 3. The molecule has 0 spiro atoms. The number of para-hydroxylation sites is 2. The Morgan fingerprint density at radius 2 is 1.64 bits per heavy atom.